The largest absolute Gasteiger partial charge is 0.352 e. The van der Waals surface area contributed by atoms with Gasteiger partial charge in [-0.1, -0.05) is 30.3 Å². The van der Waals surface area contributed by atoms with Gasteiger partial charge in [-0.25, -0.2) is 9.50 Å². The summed E-state index contributed by atoms with van der Waals surface area (Å²) >= 11 is 0. The lowest BCUT2D eigenvalue weighted by Crippen LogP contribution is -2.46. The first-order valence-electron chi connectivity index (χ1n) is 9.22. The first kappa shape index (κ1) is 14.9. The lowest BCUT2D eigenvalue weighted by atomic mass is 10.2. The van der Waals surface area contributed by atoms with Gasteiger partial charge in [0.2, 0.25) is 0 Å². The molecule has 1 saturated heterocycles. The summed E-state index contributed by atoms with van der Waals surface area (Å²) in [5, 5.41) is 4.74. The minimum Gasteiger partial charge on any atom is -0.352 e. The number of hydrogen-bond donors (Lipinski definition) is 0. The molecule has 2 aliphatic rings. The number of fused-ring (bicyclic) bond motifs is 1. The fourth-order valence-corrected chi connectivity index (χ4v) is 3.71. The lowest BCUT2D eigenvalue weighted by Gasteiger charge is -2.35. The topological polar surface area (TPSA) is 36.7 Å². The number of benzene rings is 1. The van der Waals surface area contributed by atoms with Gasteiger partial charge in [-0.3, -0.25) is 4.90 Å². The molecule has 25 heavy (non-hydrogen) atoms. The number of piperazine rings is 1. The molecule has 5 heteroatoms. The molecule has 2 fully saturated rings. The number of rotatable bonds is 4. The molecule has 3 aromatic rings. The number of hydrogen-bond acceptors (Lipinski definition) is 4. The third-order valence-electron chi connectivity index (χ3n) is 5.30. The second-order valence-electron chi connectivity index (χ2n) is 7.17. The standard InChI is InChI=1S/C20H23N5/c1-2-4-16(5-3-1)15-23-10-12-24(13-11-23)20-19-14-18(17-6-7-17)22-25(19)9-8-21-20/h1-5,8-9,14,17H,6-7,10-13,15H2. The minimum atomic E-state index is 0.676. The van der Waals surface area contributed by atoms with Crippen LogP contribution in [-0.4, -0.2) is 45.7 Å². The second-order valence-corrected chi connectivity index (χ2v) is 7.17. The van der Waals surface area contributed by atoms with Crippen molar-refractivity contribution in [1.82, 2.24) is 19.5 Å². The monoisotopic (exact) mass is 333 g/mol. The fraction of sp³-hybridized carbons (Fsp3) is 0.400. The number of anilines is 1. The summed E-state index contributed by atoms with van der Waals surface area (Å²) in [6, 6.07) is 13.0. The van der Waals surface area contributed by atoms with Crippen LogP contribution in [-0.2, 0) is 6.54 Å². The maximum Gasteiger partial charge on any atom is 0.154 e. The number of nitrogens with zero attached hydrogens (tertiary/aromatic N) is 5. The molecular formula is C20H23N5. The van der Waals surface area contributed by atoms with Crippen molar-refractivity contribution in [1.29, 1.82) is 0 Å². The molecule has 5 rings (SSSR count). The van der Waals surface area contributed by atoms with Crippen molar-refractivity contribution < 1.29 is 0 Å². The van der Waals surface area contributed by atoms with E-state index < -0.39 is 0 Å². The predicted octanol–water partition coefficient (Wildman–Crippen LogP) is 2.93. The van der Waals surface area contributed by atoms with Gasteiger partial charge < -0.3 is 4.90 Å². The Bertz CT molecular complexity index is 860. The van der Waals surface area contributed by atoms with E-state index in [4.69, 9.17) is 5.10 Å². The van der Waals surface area contributed by atoms with Crippen molar-refractivity contribution >= 4 is 11.3 Å². The molecule has 0 radical (unpaired) electrons. The molecule has 0 amide bonds. The highest BCUT2D eigenvalue weighted by Gasteiger charge is 2.27. The van der Waals surface area contributed by atoms with E-state index in [1.54, 1.807) is 0 Å². The zero-order valence-corrected chi connectivity index (χ0v) is 14.4. The van der Waals surface area contributed by atoms with Gasteiger partial charge >= 0.3 is 0 Å². The summed E-state index contributed by atoms with van der Waals surface area (Å²) < 4.78 is 2.01. The zero-order chi connectivity index (χ0) is 16.6. The van der Waals surface area contributed by atoms with Crippen molar-refractivity contribution in [3.05, 3.63) is 60.0 Å². The molecule has 0 unspecified atom stereocenters. The van der Waals surface area contributed by atoms with Crippen LogP contribution in [0.25, 0.3) is 5.52 Å². The van der Waals surface area contributed by atoms with Gasteiger partial charge in [0.05, 0.1) is 5.69 Å². The fourth-order valence-electron chi connectivity index (χ4n) is 3.71. The van der Waals surface area contributed by atoms with Crippen LogP contribution >= 0.6 is 0 Å². The molecule has 1 saturated carbocycles. The van der Waals surface area contributed by atoms with E-state index in [1.165, 1.54) is 24.1 Å². The zero-order valence-electron chi connectivity index (χ0n) is 14.4. The first-order chi connectivity index (χ1) is 12.4. The normalized spacial score (nSPS) is 18.8. The molecule has 2 aromatic heterocycles. The lowest BCUT2D eigenvalue weighted by molar-refractivity contribution is 0.249. The van der Waals surface area contributed by atoms with Crippen molar-refractivity contribution in [3.8, 4) is 0 Å². The highest BCUT2D eigenvalue weighted by molar-refractivity contribution is 5.69. The van der Waals surface area contributed by atoms with Gasteiger partial charge in [0.25, 0.3) is 0 Å². The van der Waals surface area contributed by atoms with Gasteiger partial charge in [0, 0.05) is 51.0 Å². The van der Waals surface area contributed by atoms with Gasteiger partial charge in [0.1, 0.15) is 5.52 Å². The summed E-state index contributed by atoms with van der Waals surface area (Å²) in [6.07, 6.45) is 6.41. The minimum absolute atomic E-state index is 0.676. The summed E-state index contributed by atoms with van der Waals surface area (Å²) in [4.78, 5) is 9.62. The van der Waals surface area contributed by atoms with Crippen LogP contribution in [0.3, 0.4) is 0 Å². The van der Waals surface area contributed by atoms with Gasteiger partial charge in [0.15, 0.2) is 5.82 Å². The maximum atomic E-state index is 4.74. The molecule has 0 bridgehead atoms. The van der Waals surface area contributed by atoms with E-state index in [1.807, 2.05) is 16.9 Å². The SMILES string of the molecule is c1ccc(CN2CCN(c3nccn4nc(C5CC5)cc34)CC2)cc1. The molecule has 5 nitrogen and oxygen atoms in total. The summed E-state index contributed by atoms with van der Waals surface area (Å²) in [5.74, 6) is 1.76. The van der Waals surface area contributed by atoms with Crippen molar-refractivity contribution in [2.75, 3.05) is 31.1 Å². The Hall–Kier alpha value is -2.40. The second kappa shape index (κ2) is 6.15. The maximum absolute atomic E-state index is 4.74. The van der Waals surface area contributed by atoms with Crippen LogP contribution in [0.4, 0.5) is 5.82 Å². The smallest absolute Gasteiger partial charge is 0.154 e. The van der Waals surface area contributed by atoms with Gasteiger partial charge in [-0.2, -0.15) is 5.10 Å². The Morgan fingerprint density at radius 3 is 2.56 bits per heavy atom. The first-order valence-corrected chi connectivity index (χ1v) is 9.22. The molecule has 0 spiro atoms. The van der Waals surface area contributed by atoms with E-state index in [0.717, 1.165) is 44.1 Å². The molecule has 1 aliphatic carbocycles. The Balaban J connectivity index is 1.31. The van der Waals surface area contributed by atoms with Crippen LogP contribution in [0.15, 0.2) is 48.8 Å². The third-order valence-corrected chi connectivity index (χ3v) is 5.30. The van der Waals surface area contributed by atoms with Crippen molar-refractivity contribution in [2.24, 2.45) is 0 Å². The van der Waals surface area contributed by atoms with Crippen LogP contribution in [0, 0.1) is 0 Å². The molecule has 1 aliphatic heterocycles. The molecule has 1 aromatic carbocycles. The molecule has 0 N–H and O–H groups in total. The van der Waals surface area contributed by atoms with Crippen molar-refractivity contribution in [3.63, 3.8) is 0 Å². The molecule has 0 atom stereocenters. The summed E-state index contributed by atoms with van der Waals surface area (Å²) in [6.45, 7) is 5.21. The van der Waals surface area contributed by atoms with Gasteiger partial charge in [-0.15, -0.1) is 0 Å². The number of aromatic nitrogens is 3. The predicted molar refractivity (Wildman–Crippen MR) is 98.9 cm³/mol. The van der Waals surface area contributed by atoms with E-state index in [9.17, 15) is 0 Å². The Kier molecular flexibility index (Phi) is 3.67. The quantitative estimate of drug-likeness (QED) is 0.736. The van der Waals surface area contributed by atoms with E-state index >= 15 is 0 Å². The average Bonchev–Trinajstić information content (AvgIpc) is 3.42. The van der Waals surface area contributed by atoms with Gasteiger partial charge in [-0.05, 0) is 24.5 Å². The Morgan fingerprint density at radius 1 is 1.00 bits per heavy atom. The molecular weight excluding hydrogens is 310 g/mol. The Labute approximate surface area is 147 Å². The van der Waals surface area contributed by atoms with E-state index in [2.05, 4.69) is 51.2 Å². The van der Waals surface area contributed by atoms with Crippen LogP contribution in [0.1, 0.15) is 30.0 Å². The van der Waals surface area contributed by atoms with E-state index in [-0.39, 0.29) is 0 Å². The molecule has 3 heterocycles. The average molecular weight is 333 g/mol. The summed E-state index contributed by atoms with van der Waals surface area (Å²) in [5.41, 5.74) is 3.78. The Morgan fingerprint density at radius 2 is 1.80 bits per heavy atom. The van der Waals surface area contributed by atoms with E-state index in [0.29, 0.717) is 5.92 Å². The highest BCUT2D eigenvalue weighted by Crippen LogP contribution is 2.40. The summed E-state index contributed by atoms with van der Waals surface area (Å²) in [7, 11) is 0. The van der Waals surface area contributed by atoms with Crippen LogP contribution < -0.4 is 4.90 Å². The third kappa shape index (κ3) is 3.00. The van der Waals surface area contributed by atoms with Crippen LogP contribution in [0.5, 0.6) is 0 Å². The van der Waals surface area contributed by atoms with Crippen molar-refractivity contribution in [2.45, 2.75) is 25.3 Å². The van der Waals surface area contributed by atoms with Crippen LogP contribution in [0.2, 0.25) is 0 Å². The molecule has 128 valence electrons. The highest BCUT2D eigenvalue weighted by atomic mass is 15.3.